The summed E-state index contributed by atoms with van der Waals surface area (Å²) in [4.78, 5) is 13.1. The van der Waals surface area contributed by atoms with E-state index in [1.165, 1.54) is 0 Å². The van der Waals surface area contributed by atoms with E-state index in [1.807, 2.05) is 0 Å². The van der Waals surface area contributed by atoms with Gasteiger partial charge in [0.1, 0.15) is 0 Å². The SMILES string of the molecule is [2H]c1c([2H])c([2H])c(-c2nc(-c3c([2H])c([2H])c(-c4c([2H])c([2H])c5c6c([2H])c([2H])c([2H])c([2H])c6c6c([2H])c([2H])c([2H])c([2H])c6c5c4[2H])c([2H])c3[2H])nc(-c3c([2H])c([2H])c([2H])c4c3sc3c([2H])c([2H])c([2H])c([2H])c34)n2)c([2H])c1[2H]. The van der Waals surface area contributed by atoms with E-state index < -0.39 is 241 Å². The van der Waals surface area contributed by atoms with Crippen LogP contribution in [0.4, 0.5) is 0 Å². The van der Waals surface area contributed by atoms with Gasteiger partial charge in [0.15, 0.2) is 17.5 Å². The molecule has 3 nitrogen and oxygen atoms in total. The molecule has 0 aliphatic carbocycles. The van der Waals surface area contributed by atoms with Crippen molar-refractivity contribution in [1.29, 1.82) is 0 Å². The van der Waals surface area contributed by atoms with Gasteiger partial charge >= 0.3 is 0 Å². The van der Waals surface area contributed by atoms with Crippen LogP contribution in [0, 0.1) is 0 Å². The minimum Gasteiger partial charge on any atom is -0.208 e. The third-order valence-corrected chi connectivity index (χ3v) is 8.68. The van der Waals surface area contributed by atoms with Crippen molar-refractivity contribution in [1.82, 2.24) is 15.0 Å². The molecule has 0 radical (unpaired) electrons. The van der Waals surface area contributed by atoms with Gasteiger partial charge in [-0.2, -0.15) is 0 Å². The van der Waals surface area contributed by atoms with Gasteiger partial charge in [0.05, 0.1) is 37.0 Å². The lowest BCUT2D eigenvalue weighted by Gasteiger charge is -2.12. The highest BCUT2D eigenvalue weighted by atomic mass is 32.1. The fourth-order valence-electron chi connectivity index (χ4n) is 5.39. The second-order valence-electron chi connectivity index (χ2n) is 10.3. The lowest BCUT2D eigenvalue weighted by Crippen LogP contribution is -2.00. The van der Waals surface area contributed by atoms with Crippen LogP contribution in [0.25, 0.3) is 97.8 Å². The van der Waals surface area contributed by atoms with E-state index in [0.717, 1.165) is 0 Å². The lowest BCUT2D eigenvalue weighted by atomic mass is 9.92. The Hall–Kier alpha value is -6.23. The highest BCUT2D eigenvalue weighted by molar-refractivity contribution is 7.26. The van der Waals surface area contributed by atoms with E-state index in [1.54, 1.807) is 0 Å². The molecule has 0 spiro atoms. The number of thiophene rings is 1. The van der Waals surface area contributed by atoms with E-state index in [-0.39, 0.29) is 20.2 Å². The standard InChI is InChI=1S/C45H27N3S/c1-2-11-29(12-3-1)43-46-44(48-45(47-43)39-19-10-18-38-37-17-8-9-20-41(37)49-42(38)39)30-23-21-28(22-24-30)31-25-26-36-34-15-5-4-13-32(34)33-14-6-7-16-35(33)40(36)27-31/h1-27H/i1D,2D,3D,4D,5D,6D,7D,8D,9D,10D,11D,12D,13D,14D,15D,16D,17D,18D,19D,20D,21D,22D,23D,24D,25D,26D,27D. The molecule has 0 saturated heterocycles. The van der Waals surface area contributed by atoms with Gasteiger partial charge in [-0.3, -0.25) is 0 Å². The average molecular weight is 669 g/mol. The van der Waals surface area contributed by atoms with E-state index in [2.05, 4.69) is 15.0 Å². The van der Waals surface area contributed by atoms with Crippen LogP contribution in [0.2, 0.25) is 0 Å². The minimum absolute atomic E-state index is 0.103. The van der Waals surface area contributed by atoms with Gasteiger partial charge in [0.25, 0.3) is 0 Å². The number of nitrogens with zero attached hydrogens (tertiary/aromatic N) is 3. The van der Waals surface area contributed by atoms with Crippen LogP contribution in [-0.2, 0) is 0 Å². The van der Waals surface area contributed by atoms with Crippen LogP contribution in [-0.4, -0.2) is 15.0 Å². The summed E-state index contributed by atoms with van der Waals surface area (Å²) in [5.41, 5.74) is -3.55. The second-order valence-corrected chi connectivity index (χ2v) is 11.3. The Kier molecular flexibility index (Phi) is 2.75. The van der Waals surface area contributed by atoms with Crippen molar-refractivity contribution in [2.75, 3.05) is 0 Å². The normalized spacial score (nSPS) is 19.4. The predicted molar refractivity (Wildman–Crippen MR) is 207 cm³/mol. The molecule has 0 bridgehead atoms. The molecule has 10 rings (SSSR count). The highest BCUT2D eigenvalue weighted by Crippen LogP contribution is 2.40. The molecule has 8 aromatic carbocycles. The monoisotopic (exact) mass is 668 g/mol. The number of hydrogen-bond donors (Lipinski definition) is 0. The number of hydrogen-bond acceptors (Lipinski definition) is 4. The third-order valence-electron chi connectivity index (χ3n) is 7.56. The fraction of sp³-hybridized carbons (Fsp3) is 0. The molecule has 49 heavy (non-hydrogen) atoms. The summed E-state index contributed by atoms with van der Waals surface area (Å²) in [5.74, 6) is -2.28. The van der Waals surface area contributed by atoms with Crippen molar-refractivity contribution in [3.63, 3.8) is 0 Å². The molecule has 0 atom stereocenters. The molecule has 2 heterocycles. The zero-order chi connectivity index (χ0) is 55.8. The fourth-order valence-corrected chi connectivity index (χ4v) is 6.45. The van der Waals surface area contributed by atoms with Crippen molar-refractivity contribution in [3.8, 4) is 45.3 Å². The predicted octanol–water partition coefficient (Wildman–Crippen LogP) is 12.4. The number of rotatable bonds is 4. The number of aromatic nitrogens is 3. The van der Waals surface area contributed by atoms with Gasteiger partial charge in [-0.05, 0) is 61.6 Å². The van der Waals surface area contributed by atoms with Crippen molar-refractivity contribution in [2.24, 2.45) is 0 Å². The molecular formula is C45H27N3S. The molecular weight excluding hydrogens is 615 g/mol. The zero-order valence-electron chi connectivity index (χ0n) is 51.2. The van der Waals surface area contributed by atoms with E-state index in [0.29, 0.717) is 11.3 Å². The molecule has 0 amide bonds. The summed E-state index contributed by atoms with van der Waals surface area (Å²) in [7, 11) is 0. The Morgan fingerprint density at radius 1 is 0.347 bits per heavy atom. The Labute approximate surface area is 324 Å². The molecule has 228 valence electrons. The Bertz CT molecular complexity index is 4340. The molecule has 0 N–H and O–H groups in total. The van der Waals surface area contributed by atoms with Crippen LogP contribution in [0.1, 0.15) is 37.0 Å². The summed E-state index contributed by atoms with van der Waals surface area (Å²) < 4.78 is 239. The topological polar surface area (TPSA) is 38.7 Å². The summed E-state index contributed by atoms with van der Waals surface area (Å²) in [6.07, 6.45) is 0. The van der Waals surface area contributed by atoms with Gasteiger partial charge in [0, 0.05) is 36.9 Å². The van der Waals surface area contributed by atoms with Crippen LogP contribution in [0.3, 0.4) is 0 Å². The first kappa shape index (κ1) is 12.0. The smallest absolute Gasteiger partial charge is 0.165 e. The molecule has 4 heteroatoms. The highest BCUT2D eigenvalue weighted by Gasteiger charge is 2.17. The average Bonchev–Trinajstić information content (AvgIpc) is 3.93. The van der Waals surface area contributed by atoms with E-state index in [9.17, 15) is 9.60 Å². The van der Waals surface area contributed by atoms with Crippen molar-refractivity contribution >= 4 is 63.8 Å². The Balaban J connectivity index is 1.34. The van der Waals surface area contributed by atoms with Crippen molar-refractivity contribution in [2.45, 2.75) is 0 Å². The summed E-state index contributed by atoms with van der Waals surface area (Å²) in [5, 5.41) is -3.42. The molecule has 0 saturated carbocycles. The van der Waals surface area contributed by atoms with Crippen LogP contribution in [0.15, 0.2) is 163 Å². The van der Waals surface area contributed by atoms with E-state index in [4.69, 9.17) is 27.4 Å². The maximum Gasteiger partial charge on any atom is 0.165 e. The van der Waals surface area contributed by atoms with Crippen LogP contribution >= 0.6 is 11.3 Å². The minimum atomic E-state index is -1.04. The first-order valence-electron chi connectivity index (χ1n) is 27.7. The lowest BCUT2D eigenvalue weighted by molar-refractivity contribution is 1.08. The molecule has 2 aromatic heterocycles. The molecule has 0 fully saturated rings. The van der Waals surface area contributed by atoms with Crippen LogP contribution in [0.5, 0.6) is 0 Å². The van der Waals surface area contributed by atoms with Gasteiger partial charge in [0.2, 0.25) is 0 Å². The summed E-state index contributed by atoms with van der Waals surface area (Å²) in [6, 6.07) is -22.3. The van der Waals surface area contributed by atoms with Crippen LogP contribution < -0.4 is 0 Å². The van der Waals surface area contributed by atoms with Gasteiger partial charge < -0.3 is 0 Å². The Morgan fingerprint density at radius 2 is 0.837 bits per heavy atom. The van der Waals surface area contributed by atoms with Gasteiger partial charge in [-0.25, -0.2) is 15.0 Å². The maximum absolute atomic E-state index is 9.64. The van der Waals surface area contributed by atoms with Crippen molar-refractivity contribution in [3.05, 3.63) is 163 Å². The molecule has 10 aromatic rings. The first-order valence-corrected chi connectivity index (χ1v) is 15.1. The Morgan fingerprint density at radius 3 is 1.53 bits per heavy atom. The van der Waals surface area contributed by atoms with Gasteiger partial charge in [-0.1, -0.05) is 145 Å². The maximum atomic E-state index is 9.64. The zero-order valence-corrected chi connectivity index (χ0v) is 25.1. The molecule has 0 aliphatic rings. The number of fused-ring (bicyclic) bond motifs is 9. The molecule has 0 unspecified atom stereocenters. The molecule has 0 aliphatic heterocycles. The number of benzene rings is 8. The second kappa shape index (κ2) is 11.2. The third kappa shape index (κ3) is 4.61. The summed E-state index contributed by atoms with van der Waals surface area (Å²) >= 11 is 0.665. The van der Waals surface area contributed by atoms with E-state index >= 15 is 0 Å². The first-order chi connectivity index (χ1) is 35.5. The summed E-state index contributed by atoms with van der Waals surface area (Å²) in [6.45, 7) is 0. The van der Waals surface area contributed by atoms with Gasteiger partial charge in [-0.15, -0.1) is 11.3 Å². The quantitative estimate of drug-likeness (QED) is 0.175. The largest absolute Gasteiger partial charge is 0.208 e. The van der Waals surface area contributed by atoms with Crippen molar-refractivity contribution < 1.29 is 37.0 Å².